The summed E-state index contributed by atoms with van der Waals surface area (Å²) in [6.45, 7) is 6.01. The van der Waals surface area contributed by atoms with Crippen LogP contribution in [0.3, 0.4) is 0 Å². The monoisotopic (exact) mass is 415 g/mol. The summed E-state index contributed by atoms with van der Waals surface area (Å²) in [4.78, 5) is 13.7. The summed E-state index contributed by atoms with van der Waals surface area (Å²) in [5.74, 6) is -0.366. The number of halogens is 1. The lowest BCUT2D eigenvalue weighted by Gasteiger charge is -2.37. The first-order chi connectivity index (χ1) is 12.5. The third kappa shape index (κ3) is 4.18. The van der Waals surface area contributed by atoms with Gasteiger partial charge < -0.3 is 5.11 Å². The van der Waals surface area contributed by atoms with E-state index in [0.29, 0.717) is 18.8 Å². The highest BCUT2D eigenvalue weighted by Gasteiger charge is 2.30. The van der Waals surface area contributed by atoms with Gasteiger partial charge in [-0.3, -0.25) is 9.69 Å². The topological polar surface area (TPSA) is 40.5 Å². The summed E-state index contributed by atoms with van der Waals surface area (Å²) in [5, 5.41) is 9.30. The van der Waals surface area contributed by atoms with Crippen molar-refractivity contribution in [2.45, 2.75) is 38.6 Å². The molecule has 0 bridgehead atoms. The molecule has 1 atom stereocenters. The number of carboxylic acids is 1. The SMILES string of the molecule is CC(C)c1ccc(C(c2ccccc2Br)N2CCC(C(=O)O)CC2)cc1. The van der Waals surface area contributed by atoms with Crippen LogP contribution in [-0.4, -0.2) is 29.1 Å². The first kappa shape index (κ1) is 19.1. The number of benzene rings is 2. The molecule has 2 aromatic carbocycles. The van der Waals surface area contributed by atoms with Crippen LogP contribution in [0.1, 0.15) is 55.3 Å². The fourth-order valence-corrected chi connectivity index (χ4v) is 4.25. The molecule has 1 fully saturated rings. The minimum absolute atomic E-state index is 0.140. The molecule has 3 nitrogen and oxygen atoms in total. The van der Waals surface area contributed by atoms with E-state index in [1.54, 1.807) is 0 Å². The minimum atomic E-state index is -0.664. The standard InChI is InChI=1S/C22H26BrNO2/c1-15(2)16-7-9-17(10-8-16)21(19-5-3-4-6-20(19)23)24-13-11-18(12-14-24)22(25)26/h3-10,15,18,21H,11-14H2,1-2H3,(H,25,26). The Labute approximate surface area is 164 Å². The number of likely N-dealkylation sites (tertiary alicyclic amines) is 1. The Kier molecular flexibility index (Phi) is 6.15. The molecule has 1 saturated heterocycles. The molecule has 1 aliphatic heterocycles. The van der Waals surface area contributed by atoms with Crippen LogP contribution in [0.15, 0.2) is 53.0 Å². The number of hydrogen-bond donors (Lipinski definition) is 1. The van der Waals surface area contributed by atoms with Crippen molar-refractivity contribution in [3.63, 3.8) is 0 Å². The first-order valence-corrected chi connectivity index (χ1v) is 10.1. The molecule has 138 valence electrons. The third-order valence-corrected chi connectivity index (χ3v) is 6.08. The number of nitrogens with zero attached hydrogens (tertiary/aromatic N) is 1. The second kappa shape index (κ2) is 8.36. The Morgan fingerprint density at radius 3 is 2.15 bits per heavy atom. The van der Waals surface area contributed by atoms with E-state index in [1.807, 2.05) is 6.07 Å². The lowest BCUT2D eigenvalue weighted by molar-refractivity contribution is -0.143. The van der Waals surface area contributed by atoms with Crippen molar-refractivity contribution in [1.82, 2.24) is 4.90 Å². The van der Waals surface area contributed by atoms with Crippen molar-refractivity contribution in [3.8, 4) is 0 Å². The molecule has 3 rings (SSSR count). The second-order valence-electron chi connectivity index (χ2n) is 7.39. The zero-order valence-corrected chi connectivity index (χ0v) is 16.9. The van der Waals surface area contributed by atoms with Gasteiger partial charge in [-0.15, -0.1) is 0 Å². The number of hydrogen-bond acceptors (Lipinski definition) is 2. The fourth-order valence-electron chi connectivity index (χ4n) is 3.75. The molecule has 0 saturated carbocycles. The lowest BCUT2D eigenvalue weighted by atomic mass is 9.90. The van der Waals surface area contributed by atoms with Gasteiger partial charge in [0.25, 0.3) is 0 Å². The van der Waals surface area contributed by atoms with Crippen LogP contribution in [0.25, 0.3) is 0 Å². The minimum Gasteiger partial charge on any atom is -0.481 e. The zero-order chi connectivity index (χ0) is 18.7. The van der Waals surface area contributed by atoms with Crippen LogP contribution >= 0.6 is 15.9 Å². The molecule has 26 heavy (non-hydrogen) atoms. The molecule has 1 unspecified atom stereocenters. The summed E-state index contributed by atoms with van der Waals surface area (Å²) < 4.78 is 1.10. The Morgan fingerprint density at radius 1 is 1.04 bits per heavy atom. The van der Waals surface area contributed by atoms with Crippen molar-refractivity contribution in [2.24, 2.45) is 5.92 Å². The van der Waals surface area contributed by atoms with Crippen LogP contribution < -0.4 is 0 Å². The quantitative estimate of drug-likeness (QED) is 0.704. The van der Waals surface area contributed by atoms with Gasteiger partial charge in [0, 0.05) is 4.47 Å². The average molecular weight is 416 g/mol. The summed E-state index contributed by atoms with van der Waals surface area (Å²) in [7, 11) is 0. The summed E-state index contributed by atoms with van der Waals surface area (Å²) in [5.41, 5.74) is 3.83. The van der Waals surface area contributed by atoms with E-state index in [9.17, 15) is 9.90 Å². The highest BCUT2D eigenvalue weighted by Crippen LogP contribution is 2.36. The Balaban J connectivity index is 1.93. The number of aliphatic carboxylic acids is 1. The molecule has 1 aliphatic rings. The van der Waals surface area contributed by atoms with Gasteiger partial charge >= 0.3 is 5.97 Å². The van der Waals surface area contributed by atoms with Crippen molar-refractivity contribution in [2.75, 3.05) is 13.1 Å². The maximum absolute atomic E-state index is 11.3. The Morgan fingerprint density at radius 2 is 1.62 bits per heavy atom. The Hall–Kier alpha value is -1.65. The Bertz CT molecular complexity index is 749. The number of carbonyl (C=O) groups is 1. The predicted molar refractivity (Wildman–Crippen MR) is 108 cm³/mol. The largest absolute Gasteiger partial charge is 0.481 e. The molecule has 0 amide bonds. The van der Waals surface area contributed by atoms with Gasteiger partial charge in [0.15, 0.2) is 0 Å². The molecule has 0 radical (unpaired) electrons. The van der Waals surface area contributed by atoms with Crippen LogP contribution in [0, 0.1) is 5.92 Å². The number of rotatable bonds is 5. The molecule has 4 heteroatoms. The molecule has 2 aromatic rings. The van der Waals surface area contributed by atoms with Gasteiger partial charge in [-0.1, -0.05) is 72.2 Å². The number of piperidine rings is 1. The van der Waals surface area contributed by atoms with Crippen molar-refractivity contribution in [3.05, 3.63) is 69.7 Å². The molecular weight excluding hydrogens is 390 g/mol. The normalized spacial score (nSPS) is 17.4. The van der Waals surface area contributed by atoms with E-state index in [1.165, 1.54) is 16.7 Å². The summed E-state index contributed by atoms with van der Waals surface area (Å²) in [6, 6.07) is 17.4. The predicted octanol–water partition coefficient (Wildman–Crippen LogP) is 5.46. The highest BCUT2D eigenvalue weighted by atomic mass is 79.9. The van der Waals surface area contributed by atoms with E-state index < -0.39 is 5.97 Å². The van der Waals surface area contributed by atoms with Crippen molar-refractivity contribution < 1.29 is 9.90 Å². The van der Waals surface area contributed by atoms with E-state index in [4.69, 9.17) is 0 Å². The van der Waals surface area contributed by atoms with Gasteiger partial charge in [-0.05, 0) is 54.6 Å². The van der Waals surface area contributed by atoms with E-state index in [0.717, 1.165) is 17.6 Å². The first-order valence-electron chi connectivity index (χ1n) is 9.28. The average Bonchev–Trinajstić information content (AvgIpc) is 2.64. The lowest BCUT2D eigenvalue weighted by Crippen LogP contribution is -2.39. The van der Waals surface area contributed by atoms with Crippen molar-refractivity contribution in [1.29, 1.82) is 0 Å². The van der Waals surface area contributed by atoms with E-state index in [-0.39, 0.29) is 12.0 Å². The molecule has 1 heterocycles. The van der Waals surface area contributed by atoms with Crippen LogP contribution in [-0.2, 0) is 4.79 Å². The van der Waals surface area contributed by atoms with Gasteiger partial charge in [0.1, 0.15) is 0 Å². The van der Waals surface area contributed by atoms with E-state index >= 15 is 0 Å². The van der Waals surface area contributed by atoms with Gasteiger partial charge in [0.2, 0.25) is 0 Å². The van der Waals surface area contributed by atoms with Gasteiger partial charge in [-0.2, -0.15) is 0 Å². The van der Waals surface area contributed by atoms with Crippen LogP contribution in [0.4, 0.5) is 0 Å². The molecule has 0 spiro atoms. The summed E-state index contributed by atoms with van der Waals surface area (Å²) in [6.07, 6.45) is 1.42. The molecule has 1 N–H and O–H groups in total. The van der Waals surface area contributed by atoms with Crippen molar-refractivity contribution >= 4 is 21.9 Å². The van der Waals surface area contributed by atoms with E-state index in [2.05, 4.69) is 77.1 Å². The van der Waals surface area contributed by atoms with Crippen LogP contribution in [0.5, 0.6) is 0 Å². The van der Waals surface area contributed by atoms with Gasteiger partial charge in [0.05, 0.1) is 12.0 Å². The van der Waals surface area contributed by atoms with Crippen LogP contribution in [0.2, 0.25) is 0 Å². The molecular formula is C22H26BrNO2. The summed E-state index contributed by atoms with van der Waals surface area (Å²) >= 11 is 3.71. The maximum atomic E-state index is 11.3. The number of carboxylic acid groups (broad SMARTS) is 1. The third-order valence-electron chi connectivity index (χ3n) is 5.36. The zero-order valence-electron chi connectivity index (χ0n) is 15.4. The molecule has 0 aromatic heterocycles. The highest BCUT2D eigenvalue weighted by molar-refractivity contribution is 9.10. The second-order valence-corrected chi connectivity index (χ2v) is 8.25. The molecule has 0 aliphatic carbocycles. The maximum Gasteiger partial charge on any atom is 0.306 e. The fraction of sp³-hybridized carbons (Fsp3) is 0.409. The van der Waals surface area contributed by atoms with Gasteiger partial charge in [-0.25, -0.2) is 0 Å². The smallest absolute Gasteiger partial charge is 0.306 e.